The molecule has 3 heteroatoms. The number of aromatic nitrogens is 2. The summed E-state index contributed by atoms with van der Waals surface area (Å²) in [7, 11) is 1.68. The van der Waals surface area contributed by atoms with Crippen molar-refractivity contribution in [3.05, 3.63) is 47.8 Å². The number of rotatable bonds is 5. The van der Waals surface area contributed by atoms with Crippen molar-refractivity contribution in [1.29, 1.82) is 0 Å². The molecule has 0 fully saturated rings. The van der Waals surface area contributed by atoms with Crippen molar-refractivity contribution >= 4 is 0 Å². The molecule has 0 unspecified atom stereocenters. The standard InChI is InChI=1S/C15H20N2O/c1-12(2)10-14-8-9-16-17(14)11-13-4-6-15(18-3)7-5-13/h4-9,12H,10-11H2,1-3H3. The zero-order chi connectivity index (χ0) is 13.0. The molecule has 96 valence electrons. The SMILES string of the molecule is COc1ccc(Cn2nccc2CC(C)C)cc1. The van der Waals surface area contributed by atoms with E-state index >= 15 is 0 Å². The number of methoxy groups -OCH3 is 1. The third kappa shape index (κ3) is 3.13. The maximum Gasteiger partial charge on any atom is 0.118 e. The van der Waals surface area contributed by atoms with Gasteiger partial charge in [0.05, 0.1) is 13.7 Å². The molecule has 0 N–H and O–H groups in total. The Balaban J connectivity index is 2.10. The van der Waals surface area contributed by atoms with Crippen molar-refractivity contribution in [2.24, 2.45) is 5.92 Å². The van der Waals surface area contributed by atoms with E-state index in [1.807, 2.05) is 18.3 Å². The van der Waals surface area contributed by atoms with Crippen molar-refractivity contribution in [3.63, 3.8) is 0 Å². The average molecular weight is 244 g/mol. The summed E-state index contributed by atoms with van der Waals surface area (Å²) in [5.41, 5.74) is 2.53. The predicted octanol–water partition coefficient (Wildman–Crippen LogP) is 3.14. The molecule has 0 aliphatic rings. The minimum atomic E-state index is 0.649. The van der Waals surface area contributed by atoms with E-state index < -0.39 is 0 Å². The molecule has 1 aromatic carbocycles. The van der Waals surface area contributed by atoms with Gasteiger partial charge in [0.2, 0.25) is 0 Å². The molecule has 0 aliphatic carbocycles. The first-order chi connectivity index (χ1) is 8.69. The minimum absolute atomic E-state index is 0.649. The maximum atomic E-state index is 5.16. The zero-order valence-corrected chi connectivity index (χ0v) is 11.3. The summed E-state index contributed by atoms with van der Waals surface area (Å²) < 4.78 is 7.23. The second-order valence-electron chi connectivity index (χ2n) is 4.93. The van der Waals surface area contributed by atoms with Crippen LogP contribution in [-0.2, 0) is 13.0 Å². The highest BCUT2D eigenvalue weighted by atomic mass is 16.5. The molecule has 0 aliphatic heterocycles. The Morgan fingerprint density at radius 2 is 1.89 bits per heavy atom. The van der Waals surface area contributed by atoms with Crippen molar-refractivity contribution in [2.75, 3.05) is 7.11 Å². The van der Waals surface area contributed by atoms with Crippen LogP contribution in [0.1, 0.15) is 25.1 Å². The molecule has 0 saturated carbocycles. The lowest BCUT2D eigenvalue weighted by Gasteiger charge is -2.10. The van der Waals surface area contributed by atoms with E-state index in [2.05, 4.69) is 41.8 Å². The second kappa shape index (κ2) is 5.71. The van der Waals surface area contributed by atoms with Crippen molar-refractivity contribution < 1.29 is 4.74 Å². The highest BCUT2D eigenvalue weighted by Gasteiger charge is 2.05. The van der Waals surface area contributed by atoms with Crippen LogP contribution >= 0.6 is 0 Å². The Bertz CT molecular complexity index is 485. The summed E-state index contributed by atoms with van der Waals surface area (Å²) in [5, 5.41) is 4.39. The summed E-state index contributed by atoms with van der Waals surface area (Å²) in [6.07, 6.45) is 2.94. The first-order valence-electron chi connectivity index (χ1n) is 6.32. The Morgan fingerprint density at radius 3 is 2.50 bits per heavy atom. The van der Waals surface area contributed by atoms with Crippen LogP contribution in [0.4, 0.5) is 0 Å². The molecule has 0 saturated heterocycles. The van der Waals surface area contributed by atoms with E-state index in [9.17, 15) is 0 Å². The van der Waals surface area contributed by atoms with Gasteiger partial charge in [0, 0.05) is 11.9 Å². The van der Waals surface area contributed by atoms with E-state index in [0.717, 1.165) is 18.7 Å². The Labute approximate surface area is 108 Å². The number of hydrogen-bond donors (Lipinski definition) is 0. The van der Waals surface area contributed by atoms with Crippen LogP contribution < -0.4 is 4.74 Å². The lowest BCUT2D eigenvalue weighted by Crippen LogP contribution is -2.08. The van der Waals surface area contributed by atoms with Gasteiger partial charge in [-0.05, 0) is 36.1 Å². The van der Waals surface area contributed by atoms with Crippen LogP contribution in [0.25, 0.3) is 0 Å². The van der Waals surface area contributed by atoms with Gasteiger partial charge >= 0.3 is 0 Å². The Hall–Kier alpha value is -1.77. The summed E-state index contributed by atoms with van der Waals surface area (Å²) in [6, 6.07) is 10.2. The monoisotopic (exact) mass is 244 g/mol. The lowest BCUT2D eigenvalue weighted by molar-refractivity contribution is 0.414. The van der Waals surface area contributed by atoms with Crippen LogP contribution in [0.15, 0.2) is 36.5 Å². The molecule has 0 bridgehead atoms. The van der Waals surface area contributed by atoms with Gasteiger partial charge in [0.1, 0.15) is 5.75 Å². The topological polar surface area (TPSA) is 27.1 Å². The van der Waals surface area contributed by atoms with E-state index in [1.165, 1.54) is 11.3 Å². The summed E-state index contributed by atoms with van der Waals surface area (Å²) in [4.78, 5) is 0. The van der Waals surface area contributed by atoms with E-state index in [4.69, 9.17) is 4.74 Å². The molecule has 0 amide bonds. The fraction of sp³-hybridized carbons (Fsp3) is 0.400. The smallest absolute Gasteiger partial charge is 0.118 e. The Kier molecular flexibility index (Phi) is 4.03. The van der Waals surface area contributed by atoms with Crippen molar-refractivity contribution in [3.8, 4) is 5.75 Å². The molecule has 3 nitrogen and oxygen atoms in total. The molecular weight excluding hydrogens is 224 g/mol. The van der Waals surface area contributed by atoms with E-state index in [1.54, 1.807) is 7.11 Å². The first kappa shape index (κ1) is 12.7. The lowest BCUT2D eigenvalue weighted by atomic mass is 10.1. The maximum absolute atomic E-state index is 5.16. The van der Waals surface area contributed by atoms with Gasteiger partial charge in [-0.25, -0.2) is 0 Å². The van der Waals surface area contributed by atoms with Gasteiger partial charge in [-0.1, -0.05) is 26.0 Å². The summed E-state index contributed by atoms with van der Waals surface area (Å²) in [6.45, 7) is 5.27. The van der Waals surface area contributed by atoms with Gasteiger partial charge in [-0.3, -0.25) is 4.68 Å². The van der Waals surface area contributed by atoms with Gasteiger partial charge < -0.3 is 4.74 Å². The van der Waals surface area contributed by atoms with Crippen molar-refractivity contribution in [1.82, 2.24) is 9.78 Å². The zero-order valence-electron chi connectivity index (χ0n) is 11.3. The number of ether oxygens (including phenoxy) is 1. The summed E-state index contributed by atoms with van der Waals surface area (Å²) >= 11 is 0. The van der Waals surface area contributed by atoms with Crippen LogP contribution in [0.2, 0.25) is 0 Å². The quantitative estimate of drug-likeness (QED) is 0.808. The van der Waals surface area contributed by atoms with Crippen LogP contribution in [-0.4, -0.2) is 16.9 Å². The van der Waals surface area contributed by atoms with Gasteiger partial charge in [-0.2, -0.15) is 5.10 Å². The van der Waals surface area contributed by atoms with Gasteiger partial charge in [-0.15, -0.1) is 0 Å². The number of hydrogen-bond acceptors (Lipinski definition) is 2. The van der Waals surface area contributed by atoms with Crippen LogP contribution in [0, 0.1) is 5.92 Å². The van der Waals surface area contributed by atoms with Crippen molar-refractivity contribution in [2.45, 2.75) is 26.8 Å². The van der Waals surface area contributed by atoms with Gasteiger partial charge in [0.25, 0.3) is 0 Å². The predicted molar refractivity (Wildman–Crippen MR) is 72.9 cm³/mol. The molecule has 0 spiro atoms. The fourth-order valence-electron chi connectivity index (χ4n) is 2.00. The summed E-state index contributed by atoms with van der Waals surface area (Å²) in [5.74, 6) is 1.54. The number of benzene rings is 1. The van der Waals surface area contributed by atoms with Crippen LogP contribution in [0.5, 0.6) is 5.75 Å². The number of nitrogens with zero attached hydrogens (tertiary/aromatic N) is 2. The average Bonchev–Trinajstić information content (AvgIpc) is 2.77. The molecule has 2 rings (SSSR count). The van der Waals surface area contributed by atoms with E-state index in [-0.39, 0.29) is 0 Å². The molecule has 0 radical (unpaired) electrons. The highest BCUT2D eigenvalue weighted by Crippen LogP contribution is 2.14. The first-order valence-corrected chi connectivity index (χ1v) is 6.32. The largest absolute Gasteiger partial charge is 0.497 e. The molecule has 18 heavy (non-hydrogen) atoms. The normalized spacial score (nSPS) is 10.9. The minimum Gasteiger partial charge on any atom is -0.497 e. The third-order valence-corrected chi connectivity index (χ3v) is 2.91. The van der Waals surface area contributed by atoms with Gasteiger partial charge in [0.15, 0.2) is 0 Å². The molecular formula is C15H20N2O. The highest BCUT2D eigenvalue weighted by molar-refractivity contribution is 5.27. The molecule has 0 atom stereocenters. The van der Waals surface area contributed by atoms with Crippen LogP contribution in [0.3, 0.4) is 0 Å². The molecule has 2 aromatic rings. The Morgan fingerprint density at radius 1 is 1.17 bits per heavy atom. The molecule has 1 heterocycles. The third-order valence-electron chi connectivity index (χ3n) is 2.91. The molecule has 1 aromatic heterocycles. The van der Waals surface area contributed by atoms with E-state index in [0.29, 0.717) is 5.92 Å². The fourth-order valence-corrected chi connectivity index (χ4v) is 2.00. The second-order valence-corrected chi connectivity index (χ2v) is 4.93.